The zero-order valence-corrected chi connectivity index (χ0v) is 11.1. The van der Waals surface area contributed by atoms with Gasteiger partial charge in [-0.15, -0.1) is 0 Å². The maximum Gasteiger partial charge on any atom is 0.261 e. The first-order chi connectivity index (χ1) is 9.53. The fourth-order valence-corrected chi connectivity index (χ4v) is 2.53. The van der Waals surface area contributed by atoms with Gasteiger partial charge in [-0.1, -0.05) is 12.1 Å². The molecule has 0 amide bonds. The first kappa shape index (κ1) is 14.1. The molecule has 0 atom stereocenters. The van der Waals surface area contributed by atoms with Crippen LogP contribution < -0.4 is 4.72 Å². The van der Waals surface area contributed by atoms with E-state index in [1.165, 1.54) is 12.3 Å². The monoisotopic (exact) mass is 291 g/mol. The third-order valence-corrected chi connectivity index (χ3v) is 3.86. The van der Waals surface area contributed by atoms with Crippen molar-refractivity contribution in [3.63, 3.8) is 0 Å². The molecule has 0 aliphatic rings. The van der Waals surface area contributed by atoms with E-state index < -0.39 is 20.9 Å². The van der Waals surface area contributed by atoms with Crippen molar-refractivity contribution >= 4 is 10.0 Å². The lowest BCUT2D eigenvalue weighted by molar-refractivity contribution is 0.544. The summed E-state index contributed by atoms with van der Waals surface area (Å²) in [6.45, 7) is -0.00986. The summed E-state index contributed by atoms with van der Waals surface area (Å²) in [7, 11) is -4.01. The largest absolute Gasteiger partial charge is 0.261 e. The van der Waals surface area contributed by atoms with Gasteiger partial charge in [0.1, 0.15) is 0 Å². The molecular formula is C13H10FN3O2S. The number of halogens is 1. The molecule has 1 aromatic carbocycles. The minimum absolute atomic E-state index is 0.00986. The molecule has 0 saturated carbocycles. The molecule has 2 aromatic rings. The van der Waals surface area contributed by atoms with Crippen molar-refractivity contribution in [3.05, 3.63) is 59.5 Å². The summed E-state index contributed by atoms with van der Waals surface area (Å²) in [5, 5.41) is 8.02. The SMILES string of the molecule is N#Cc1ccc(CNS(=O)(=O)c2ncccc2F)cc1. The number of nitrogens with zero attached hydrogens (tertiary/aromatic N) is 2. The number of nitrogens with one attached hydrogen (secondary N) is 1. The lowest BCUT2D eigenvalue weighted by Gasteiger charge is -2.06. The van der Waals surface area contributed by atoms with Gasteiger partial charge in [0.2, 0.25) is 5.03 Å². The Hall–Kier alpha value is -2.30. The third-order valence-electron chi connectivity index (χ3n) is 2.53. The molecule has 0 fully saturated rings. The Morgan fingerprint density at radius 2 is 1.95 bits per heavy atom. The van der Waals surface area contributed by atoms with Gasteiger partial charge in [-0.3, -0.25) is 0 Å². The lowest BCUT2D eigenvalue weighted by atomic mass is 10.1. The molecule has 0 saturated heterocycles. The van der Waals surface area contributed by atoms with Crippen molar-refractivity contribution in [2.24, 2.45) is 0 Å². The molecule has 0 spiro atoms. The van der Waals surface area contributed by atoms with Crippen LogP contribution in [-0.2, 0) is 16.6 Å². The highest BCUT2D eigenvalue weighted by molar-refractivity contribution is 7.89. The van der Waals surface area contributed by atoms with Gasteiger partial charge in [0.25, 0.3) is 10.0 Å². The zero-order chi connectivity index (χ0) is 14.6. The van der Waals surface area contributed by atoms with Gasteiger partial charge in [0.15, 0.2) is 5.82 Å². The fourth-order valence-electron chi connectivity index (χ4n) is 1.51. The Kier molecular flexibility index (Phi) is 4.08. The Bertz CT molecular complexity index is 752. The van der Waals surface area contributed by atoms with E-state index >= 15 is 0 Å². The van der Waals surface area contributed by atoms with Gasteiger partial charge < -0.3 is 0 Å². The molecule has 1 heterocycles. The van der Waals surface area contributed by atoms with E-state index in [2.05, 4.69) is 9.71 Å². The van der Waals surface area contributed by atoms with E-state index in [0.717, 1.165) is 6.07 Å². The van der Waals surface area contributed by atoms with Crippen molar-refractivity contribution in [2.45, 2.75) is 11.6 Å². The molecule has 7 heteroatoms. The average molecular weight is 291 g/mol. The highest BCUT2D eigenvalue weighted by Crippen LogP contribution is 2.11. The van der Waals surface area contributed by atoms with Gasteiger partial charge in [0.05, 0.1) is 11.6 Å². The van der Waals surface area contributed by atoms with Gasteiger partial charge >= 0.3 is 0 Å². The van der Waals surface area contributed by atoms with Gasteiger partial charge in [-0.2, -0.15) is 5.26 Å². The van der Waals surface area contributed by atoms with Crippen LogP contribution in [0.25, 0.3) is 0 Å². The first-order valence-corrected chi connectivity index (χ1v) is 7.10. The Morgan fingerprint density at radius 1 is 1.25 bits per heavy atom. The molecule has 102 valence electrons. The Morgan fingerprint density at radius 3 is 2.55 bits per heavy atom. The minimum Gasteiger partial charge on any atom is -0.241 e. The van der Waals surface area contributed by atoms with Crippen LogP contribution in [0.2, 0.25) is 0 Å². The van der Waals surface area contributed by atoms with Crippen molar-refractivity contribution in [3.8, 4) is 6.07 Å². The topological polar surface area (TPSA) is 82.9 Å². The molecule has 5 nitrogen and oxygen atoms in total. The predicted molar refractivity (Wildman–Crippen MR) is 69.4 cm³/mol. The normalized spacial score (nSPS) is 11.0. The quantitative estimate of drug-likeness (QED) is 0.927. The molecule has 1 aromatic heterocycles. The van der Waals surface area contributed by atoms with Crippen LogP contribution in [0.1, 0.15) is 11.1 Å². The van der Waals surface area contributed by atoms with Crippen LogP contribution >= 0.6 is 0 Å². The Balaban J connectivity index is 2.13. The van der Waals surface area contributed by atoms with Gasteiger partial charge in [0, 0.05) is 12.7 Å². The van der Waals surface area contributed by atoms with Gasteiger partial charge in [-0.25, -0.2) is 22.5 Å². The second kappa shape index (κ2) is 5.77. The number of hydrogen-bond acceptors (Lipinski definition) is 4. The predicted octanol–water partition coefficient (Wildman–Crippen LogP) is 1.57. The number of aromatic nitrogens is 1. The number of hydrogen-bond donors (Lipinski definition) is 1. The molecule has 20 heavy (non-hydrogen) atoms. The van der Waals surface area contributed by atoms with Crippen molar-refractivity contribution in [2.75, 3.05) is 0 Å². The summed E-state index contributed by atoms with van der Waals surface area (Å²) in [5.41, 5.74) is 1.14. The van der Waals surface area contributed by atoms with E-state index in [-0.39, 0.29) is 6.54 Å². The highest BCUT2D eigenvalue weighted by atomic mass is 32.2. The van der Waals surface area contributed by atoms with Crippen LogP contribution in [0.5, 0.6) is 0 Å². The smallest absolute Gasteiger partial charge is 0.241 e. The van der Waals surface area contributed by atoms with Crippen LogP contribution in [0, 0.1) is 17.1 Å². The minimum atomic E-state index is -4.01. The molecule has 0 unspecified atom stereocenters. The summed E-state index contributed by atoms with van der Waals surface area (Å²) in [6.07, 6.45) is 1.21. The van der Waals surface area contributed by atoms with E-state index in [0.29, 0.717) is 11.1 Å². The van der Waals surface area contributed by atoms with Crippen LogP contribution in [-0.4, -0.2) is 13.4 Å². The van der Waals surface area contributed by atoms with E-state index in [9.17, 15) is 12.8 Å². The number of pyridine rings is 1. The fraction of sp³-hybridized carbons (Fsp3) is 0.0769. The van der Waals surface area contributed by atoms with Crippen molar-refractivity contribution < 1.29 is 12.8 Å². The lowest BCUT2D eigenvalue weighted by Crippen LogP contribution is -2.25. The van der Waals surface area contributed by atoms with Crippen LogP contribution in [0.15, 0.2) is 47.6 Å². The summed E-state index contributed by atoms with van der Waals surface area (Å²) in [6, 6.07) is 10.7. The molecular weight excluding hydrogens is 281 g/mol. The zero-order valence-electron chi connectivity index (χ0n) is 10.2. The van der Waals surface area contributed by atoms with Crippen LogP contribution in [0.3, 0.4) is 0 Å². The standard InChI is InChI=1S/C13H10FN3O2S/c14-12-2-1-7-16-13(12)20(18,19)17-9-11-5-3-10(8-15)4-6-11/h1-7,17H,9H2. The van der Waals surface area contributed by atoms with E-state index in [4.69, 9.17) is 5.26 Å². The number of nitriles is 1. The second-order valence-electron chi connectivity index (χ2n) is 3.92. The summed E-state index contributed by atoms with van der Waals surface area (Å²) >= 11 is 0. The summed E-state index contributed by atoms with van der Waals surface area (Å²) < 4.78 is 39.4. The van der Waals surface area contributed by atoms with Crippen LogP contribution in [0.4, 0.5) is 4.39 Å². The molecule has 0 aliphatic carbocycles. The molecule has 2 rings (SSSR count). The first-order valence-electron chi connectivity index (χ1n) is 5.62. The Labute approximate surface area is 115 Å². The molecule has 0 aliphatic heterocycles. The van der Waals surface area contributed by atoms with E-state index in [1.54, 1.807) is 24.3 Å². The maximum atomic E-state index is 13.4. The number of rotatable bonds is 4. The summed E-state index contributed by atoms with van der Waals surface area (Å²) in [5.74, 6) is -0.903. The van der Waals surface area contributed by atoms with Crippen molar-refractivity contribution in [1.29, 1.82) is 5.26 Å². The summed E-state index contributed by atoms with van der Waals surface area (Å²) in [4.78, 5) is 3.52. The highest BCUT2D eigenvalue weighted by Gasteiger charge is 2.19. The number of benzene rings is 1. The van der Waals surface area contributed by atoms with E-state index in [1.807, 2.05) is 6.07 Å². The number of sulfonamides is 1. The maximum absolute atomic E-state index is 13.4. The second-order valence-corrected chi connectivity index (χ2v) is 5.61. The molecule has 0 radical (unpaired) electrons. The van der Waals surface area contributed by atoms with Crippen molar-refractivity contribution in [1.82, 2.24) is 9.71 Å². The molecule has 1 N–H and O–H groups in total. The third kappa shape index (κ3) is 3.17. The average Bonchev–Trinajstić information content (AvgIpc) is 2.46. The van der Waals surface area contributed by atoms with Gasteiger partial charge in [-0.05, 0) is 29.8 Å². The molecule has 0 bridgehead atoms.